The molecule has 0 aliphatic carbocycles. The number of nitrogens with zero attached hydrogens (tertiary/aromatic N) is 2. The van der Waals surface area contributed by atoms with E-state index in [-0.39, 0.29) is 0 Å². The maximum atomic E-state index is 5.67. The van der Waals surface area contributed by atoms with Crippen molar-refractivity contribution >= 4 is 5.82 Å². The molecule has 0 bridgehead atoms. The second-order valence-electron chi connectivity index (χ2n) is 5.03. The van der Waals surface area contributed by atoms with Crippen molar-refractivity contribution in [3.63, 3.8) is 0 Å². The zero-order chi connectivity index (χ0) is 13.0. The third-order valence-electron chi connectivity index (χ3n) is 3.35. The number of aromatic nitrogens is 1. The summed E-state index contributed by atoms with van der Waals surface area (Å²) in [5.41, 5.74) is 2.45. The van der Waals surface area contributed by atoms with Crippen LogP contribution in [0.3, 0.4) is 0 Å². The van der Waals surface area contributed by atoms with Crippen molar-refractivity contribution in [3.05, 3.63) is 23.4 Å². The van der Waals surface area contributed by atoms with Gasteiger partial charge in [-0.2, -0.15) is 0 Å². The van der Waals surface area contributed by atoms with Gasteiger partial charge in [0.1, 0.15) is 5.82 Å². The largest absolute Gasteiger partial charge is 0.376 e. The fourth-order valence-corrected chi connectivity index (χ4v) is 2.51. The summed E-state index contributed by atoms with van der Waals surface area (Å²) in [4.78, 5) is 6.77. The minimum atomic E-state index is 0.369. The molecular weight excluding hydrogens is 226 g/mol. The SMILES string of the molecule is CNCc1cnc(N(C)CC2CCCO2)c(C)c1. The fourth-order valence-electron chi connectivity index (χ4n) is 2.51. The highest BCUT2D eigenvalue weighted by molar-refractivity contribution is 5.46. The molecule has 1 atom stereocenters. The van der Waals surface area contributed by atoms with Gasteiger partial charge in [0.05, 0.1) is 6.10 Å². The minimum Gasteiger partial charge on any atom is -0.376 e. The molecule has 18 heavy (non-hydrogen) atoms. The molecule has 1 aliphatic rings. The van der Waals surface area contributed by atoms with Gasteiger partial charge in [0.25, 0.3) is 0 Å². The van der Waals surface area contributed by atoms with Gasteiger partial charge in [-0.05, 0) is 44.0 Å². The van der Waals surface area contributed by atoms with Gasteiger partial charge < -0.3 is 15.0 Å². The van der Waals surface area contributed by atoms with Crippen LogP contribution in [-0.2, 0) is 11.3 Å². The average Bonchev–Trinajstić information content (AvgIpc) is 2.82. The van der Waals surface area contributed by atoms with Gasteiger partial charge in [-0.25, -0.2) is 4.98 Å². The van der Waals surface area contributed by atoms with Crippen LogP contribution in [0.15, 0.2) is 12.3 Å². The minimum absolute atomic E-state index is 0.369. The summed E-state index contributed by atoms with van der Waals surface area (Å²) in [6.45, 7) is 4.82. The lowest BCUT2D eigenvalue weighted by atomic mass is 10.2. The number of nitrogens with one attached hydrogen (secondary N) is 1. The number of ether oxygens (including phenoxy) is 1. The molecule has 0 amide bonds. The second-order valence-corrected chi connectivity index (χ2v) is 5.03. The van der Waals surface area contributed by atoms with Gasteiger partial charge in [0.15, 0.2) is 0 Å². The molecule has 2 rings (SSSR count). The standard InChI is InChI=1S/C14H23N3O/c1-11-7-12(8-15-2)9-16-14(11)17(3)10-13-5-4-6-18-13/h7,9,13,15H,4-6,8,10H2,1-3H3. The number of likely N-dealkylation sites (N-methyl/N-ethyl adjacent to an activating group) is 1. The Kier molecular flexibility index (Phi) is 4.55. The number of anilines is 1. The van der Waals surface area contributed by atoms with Crippen LogP contribution in [0.1, 0.15) is 24.0 Å². The lowest BCUT2D eigenvalue weighted by Crippen LogP contribution is -2.29. The summed E-state index contributed by atoms with van der Waals surface area (Å²) in [6.07, 6.45) is 4.67. The monoisotopic (exact) mass is 249 g/mol. The molecule has 0 spiro atoms. The molecule has 0 saturated carbocycles. The molecule has 1 aliphatic heterocycles. The van der Waals surface area contributed by atoms with Gasteiger partial charge in [0.2, 0.25) is 0 Å². The van der Waals surface area contributed by atoms with Crippen molar-refractivity contribution in [2.24, 2.45) is 0 Å². The average molecular weight is 249 g/mol. The number of hydrogen-bond acceptors (Lipinski definition) is 4. The normalized spacial score (nSPS) is 19.2. The Labute approximate surface area is 109 Å². The van der Waals surface area contributed by atoms with Gasteiger partial charge in [-0.15, -0.1) is 0 Å². The lowest BCUT2D eigenvalue weighted by Gasteiger charge is -2.23. The van der Waals surface area contributed by atoms with Crippen LogP contribution in [0.2, 0.25) is 0 Å². The molecule has 1 fully saturated rings. The van der Waals surface area contributed by atoms with E-state index < -0.39 is 0 Å². The van der Waals surface area contributed by atoms with Crippen LogP contribution in [0.5, 0.6) is 0 Å². The first-order chi connectivity index (χ1) is 8.70. The van der Waals surface area contributed by atoms with Crippen LogP contribution in [0.4, 0.5) is 5.82 Å². The van der Waals surface area contributed by atoms with E-state index in [1.54, 1.807) is 0 Å². The van der Waals surface area contributed by atoms with E-state index >= 15 is 0 Å². The van der Waals surface area contributed by atoms with E-state index in [0.29, 0.717) is 6.10 Å². The van der Waals surface area contributed by atoms with E-state index in [0.717, 1.165) is 25.5 Å². The van der Waals surface area contributed by atoms with Crippen molar-refractivity contribution in [3.8, 4) is 0 Å². The Morgan fingerprint density at radius 1 is 1.56 bits per heavy atom. The van der Waals surface area contributed by atoms with Gasteiger partial charge >= 0.3 is 0 Å². The highest BCUT2D eigenvalue weighted by Crippen LogP contribution is 2.20. The van der Waals surface area contributed by atoms with Gasteiger partial charge in [0, 0.05) is 32.9 Å². The quantitative estimate of drug-likeness (QED) is 0.862. The molecular formula is C14H23N3O. The zero-order valence-corrected chi connectivity index (χ0v) is 11.6. The zero-order valence-electron chi connectivity index (χ0n) is 11.6. The van der Waals surface area contributed by atoms with Crippen molar-refractivity contribution in [1.82, 2.24) is 10.3 Å². The summed E-state index contributed by atoms with van der Waals surface area (Å²) in [6, 6.07) is 2.20. The fraction of sp³-hybridized carbons (Fsp3) is 0.643. The van der Waals surface area contributed by atoms with E-state index in [2.05, 4.69) is 35.2 Å². The first kappa shape index (κ1) is 13.3. The molecule has 0 radical (unpaired) electrons. The molecule has 1 saturated heterocycles. The molecule has 1 unspecified atom stereocenters. The smallest absolute Gasteiger partial charge is 0.131 e. The molecule has 4 nitrogen and oxygen atoms in total. The second kappa shape index (κ2) is 6.16. The van der Waals surface area contributed by atoms with E-state index in [4.69, 9.17) is 4.74 Å². The summed E-state index contributed by atoms with van der Waals surface area (Å²) in [7, 11) is 4.04. The summed E-state index contributed by atoms with van der Waals surface area (Å²) in [5, 5.41) is 3.15. The highest BCUT2D eigenvalue weighted by Gasteiger charge is 2.18. The number of hydrogen-bond donors (Lipinski definition) is 1. The van der Waals surface area contributed by atoms with Crippen molar-refractivity contribution in [1.29, 1.82) is 0 Å². The molecule has 4 heteroatoms. The Hall–Kier alpha value is -1.13. The van der Waals surface area contributed by atoms with E-state index in [9.17, 15) is 0 Å². The molecule has 0 aromatic carbocycles. The topological polar surface area (TPSA) is 37.4 Å². The van der Waals surface area contributed by atoms with Crippen molar-refractivity contribution in [2.45, 2.75) is 32.4 Å². The number of rotatable bonds is 5. The molecule has 1 N–H and O–H groups in total. The Balaban J connectivity index is 2.02. The lowest BCUT2D eigenvalue weighted by molar-refractivity contribution is 0.116. The van der Waals surface area contributed by atoms with Crippen LogP contribution in [0.25, 0.3) is 0 Å². The van der Waals surface area contributed by atoms with Gasteiger partial charge in [-0.3, -0.25) is 0 Å². The van der Waals surface area contributed by atoms with E-state index in [1.807, 2.05) is 13.2 Å². The summed E-state index contributed by atoms with van der Waals surface area (Å²) >= 11 is 0. The third-order valence-corrected chi connectivity index (χ3v) is 3.35. The predicted molar refractivity (Wildman–Crippen MR) is 74.0 cm³/mol. The van der Waals surface area contributed by atoms with Gasteiger partial charge in [-0.1, -0.05) is 0 Å². The summed E-state index contributed by atoms with van der Waals surface area (Å²) < 4.78 is 5.67. The maximum Gasteiger partial charge on any atom is 0.131 e. The number of pyridine rings is 1. The first-order valence-electron chi connectivity index (χ1n) is 6.63. The molecule has 100 valence electrons. The van der Waals surface area contributed by atoms with Crippen LogP contribution in [-0.4, -0.2) is 38.3 Å². The van der Waals surface area contributed by atoms with Crippen molar-refractivity contribution < 1.29 is 4.74 Å². The van der Waals surface area contributed by atoms with Crippen LogP contribution >= 0.6 is 0 Å². The Morgan fingerprint density at radius 3 is 3.00 bits per heavy atom. The summed E-state index contributed by atoms with van der Waals surface area (Å²) in [5.74, 6) is 1.06. The van der Waals surface area contributed by atoms with Crippen LogP contribution in [0, 0.1) is 6.92 Å². The highest BCUT2D eigenvalue weighted by atomic mass is 16.5. The Morgan fingerprint density at radius 2 is 2.39 bits per heavy atom. The first-order valence-corrected chi connectivity index (χ1v) is 6.63. The molecule has 2 heterocycles. The molecule has 1 aromatic rings. The number of aryl methyl sites for hydroxylation is 1. The van der Waals surface area contributed by atoms with Crippen LogP contribution < -0.4 is 10.2 Å². The maximum absolute atomic E-state index is 5.67. The third kappa shape index (κ3) is 3.21. The van der Waals surface area contributed by atoms with Crippen molar-refractivity contribution in [2.75, 3.05) is 32.1 Å². The molecule has 1 aromatic heterocycles. The predicted octanol–water partition coefficient (Wildman–Crippen LogP) is 1.72. The van der Waals surface area contributed by atoms with E-state index in [1.165, 1.54) is 24.0 Å². The Bertz CT molecular complexity index is 389.